The fraction of sp³-hybridized carbons (Fsp3) is 0.462. The molecule has 0 saturated carbocycles. The zero-order valence-corrected chi connectivity index (χ0v) is 13.0. The van der Waals surface area contributed by atoms with Gasteiger partial charge in [-0.3, -0.25) is 16.0 Å². The summed E-state index contributed by atoms with van der Waals surface area (Å²) in [6, 6.07) is 1.96. The molecular weight excluding hydrogens is 308 g/mol. The van der Waals surface area contributed by atoms with E-state index < -0.39 is 0 Å². The monoisotopic (exact) mass is 326 g/mol. The SMILES string of the molecule is CCc1nn(C)c(CC(NN)c2ccoc2C)c1Br. The van der Waals surface area contributed by atoms with Crippen LogP contribution < -0.4 is 11.3 Å². The zero-order valence-electron chi connectivity index (χ0n) is 11.4. The Balaban J connectivity index is 2.29. The second-order valence-corrected chi connectivity index (χ2v) is 5.33. The van der Waals surface area contributed by atoms with Crippen molar-refractivity contribution in [3.05, 3.63) is 39.5 Å². The highest BCUT2D eigenvalue weighted by molar-refractivity contribution is 9.10. The van der Waals surface area contributed by atoms with E-state index in [9.17, 15) is 0 Å². The fourth-order valence-corrected chi connectivity index (χ4v) is 3.03. The summed E-state index contributed by atoms with van der Waals surface area (Å²) in [4.78, 5) is 0. The molecule has 2 aromatic rings. The summed E-state index contributed by atoms with van der Waals surface area (Å²) in [7, 11) is 1.95. The summed E-state index contributed by atoms with van der Waals surface area (Å²) in [5, 5.41) is 4.50. The van der Waals surface area contributed by atoms with E-state index in [1.54, 1.807) is 6.26 Å². The van der Waals surface area contributed by atoms with Crippen LogP contribution >= 0.6 is 15.9 Å². The first-order valence-corrected chi connectivity index (χ1v) is 7.08. The standard InChI is InChI=1S/C13H19BrN4O/c1-4-10-13(14)12(18(3)17-10)7-11(16-15)9-5-6-19-8(9)2/h5-6,11,16H,4,7,15H2,1-3H3. The van der Waals surface area contributed by atoms with Crippen molar-refractivity contribution in [2.24, 2.45) is 12.9 Å². The van der Waals surface area contributed by atoms with Crippen LogP contribution in [0.15, 0.2) is 21.2 Å². The molecule has 104 valence electrons. The molecule has 0 aliphatic carbocycles. The van der Waals surface area contributed by atoms with Gasteiger partial charge in [0.1, 0.15) is 5.76 Å². The van der Waals surface area contributed by atoms with Gasteiger partial charge in [-0.2, -0.15) is 5.10 Å². The maximum absolute atomic E-state index is 5.68. The van der Waals surface area contributed by atoms with E-state index in [4.69, 9.17) is 10.3 Å². The summed E-state index contributed by atoms with van der Waals surface area (Å²) in [5.41, 5.74) is 6.12. The van der Waals surface area contributed by atoms with Crippen LogP contribution in [0.4, 0.5) is 0 Å². The number of furan rings is 1. The minimum atomic E-state index is 0.00940. The Morgan fingerprint density at radius 1 is 1.58 bits per heavy atom. The van der Waals surface area contributed by atoms with Crippen LogP contribution in [0.3, 0.4) is 0 Å². The third kappa shape index (κ3) is 2.75. The van der Waals surface area contributed by atoms with Crippen LogP contribution in [0, 0.1) is 6.92 Å². The van der Waals surface area contributed by atoms with Crippen molar-refractivity contribution in [3.8, 4) is 0 Å². The summed E-state index contributed by atoms with van der Waals surface area (Å²) in [6.07, 6.45) is 3.34. The summed E-state index contributed by atoms with van der Waals surface area (Å²) >= 11 is 3.63. The predicted octanol–water partition coefficient (Wildman–Crippen LogP) is 2.39. The Morgan fingerprint density at radius 2 is 2.32 bits per heavy atom. The zero-order chi connectivity index (χ0) is 14.0. The van der Waals surface area contributed by atoms with Crippen LogP contribution in [-0.4, -0.2) is 9.78 Å². The molecule has 0 aliphatic heterocycles. The molecule has 2 heterocycles. The number of aromatic nitrogens is 2. The van der Waals surface area contributed by atoms with Crippen LogP contribution in [0.25, 0.3) is 0 Å². The third-order valence-corrected chi connectivity index (χ3v) is 4.29. The molecule has 0 amide bonds. The Kier molecular flexibility index (Phi) is 4.44. The molecule has 1 unspecified atom stereocenters. The summed E-state index contributed by atoms with van der Waals surface area (Å²) in [5.74, 6) is 6.57. The van der Waals surface area contributed by atoms with Gasteiger partial charge in [0.15, 0.2) is 0 Å². The molecule has 2 rings (SSSR count). The highest BCUT2D eigenvalue weighted by Crippen LogP contribution is 2.28. The minimum Gasteiger partial charge on any atom is -0.469 e. The lowest BCUT2D eigenvalue weighted by Gasteiger charge is -2.15. The van der Waals surface area contributed by atoms with Gasteiger partial charge in [0, 0.05) is 19.0 Å². The maximum atomic E-state index is 5.68. The van der Waals surface area contributed by atoms with Gasteiger partial charge in [-0.25, -0.2) is 0 Å². The van der Waals surface area contributed by atoms with Gasteiger partial charge < -0.3 is 4.42 Å². The molecule has 0 saturated heterocycles. The number of hydrazine groups is 1. The van der Waals surface area contributed by atoms with Gasteiger partial charge in [-0.05, 0) is 35.3 Å². The lowest BCUT2D eigenvalue weighted by Crippen LogP contribution is -2.30. The highest BCUT2D eigenvalue weighted by Gasteiger charge is 2.20. The van der Waals surface area contributed by atoms with Crippen molar-refractivity contribution < 1.29 is 4.42 Å². The second-order valence-electron chi connectivity index (χ2n) is 4.54. The van der Waals surface area contributed by atoms with E-state index in [0.29, 0.717) is 0 Å². The third-order valence-electron chi connectivity index (χ3n) is 3.38. The molecule has 0 aliphatic rings. The van der Waals surface area contributed by atoms with Crippen molar-refractivity contribution in [2.45, 2.75) is 32.7 Å². The topological polar surface area (TPSA) is 69.0 Å². The number of rotatable bonds is 5. The molecule has 6 heteroatoms. The molecule has 0 bridgehead atoms. The van der Waals surface area contributed by atoms with Gasteiger partial charge in [-0.1, -0.05) is 6.92 Å². The van der Waals surface area contributed by atoms with Gasteiger partial charge in [-0.15, -0.1) is 0 Å². The first-order chi connectivity index (χ1) is 9.08. The largest absolute Gasteiger partial charge is 0.469 e. The van der Waals surface area contributed by atoms with Gasteiger partial charge in [0.25, 0.3) is 0 Å². The molecule has 5 nitrogen and oxygen atoms in total. The van der Waals surface area contributed by atoms with Gasteiger partial charge in [0.2, 0.25) is 0 Å². The normalized spacial score (nSPS) is 12.9. The minimum absolute atomic E-state index is 0.00940. The molecule has 0 fully saturated rings. The molecule has 2 aromatic heterocycles. The number of nitrogens with one attached hydrogen (secondary N) is 1. The van der Waals surface area contributed by atoms with Crippen molar-refractivity contribution in [3.63, 3.8) is 0 Å². The Bertz CT molecular complexity index is 561. The average Bonchev–Trinajstić information content (AvgIpc) is 2.93. The molecule has 3 N–H and O–H groups in total. The second kappa shape index (κ2) is 5.90. The van der Waals surface area contributed by atoms with Gasteiger partial charge in [0.05, 0.1) is 28.2 Å². The lowest BCUT2D eigenvalue weighted by atomic mass is 10.0. The van der Waals surface area contributed by atoms with E-state index in [1.165, 1.54) is 0 Å². The van der Waals surface area contributed by atoms with Gasteiger partial charge >= 0.3 is 0 Å². The molecule has 0 spiro atoms. The fourth-order valence-electron chi connectivity index (χ4n) is 2.25. The summed E-state index contributed by atoms with van der Waals surface area (Å²) in [6.45, 7) is 4.03. The first-order valence-electron chi connectivity index (χ1n) is 6.28. The molecule has 19 heavy (non-hydrogen) atoms. The van der Waals surface area contributed by atoms with E-state index in [2.05, 4.69) is 33.4 Å². The van der Waals surface area contributed by atoms with E-state index in [-0.39, 0.29) is 6.04 Å². The van der Waals surface area contributed by atoms with E-state index in [1.807, 2.05) is 24.7 Å². The maximum Gasteiger partial charge on any atom is 0.105 e. The van der Waals surface area contributed by atoms with E-state index in [0.717, 1.165) is 40.0 Å². The van der Waals surface area contributed by atoms with Crippen molar-refractivity contribution in [1.29, 1.82) is 0 Å². The predicted molar refractivity (Wildman–Crippen MR) is 77.5 cm³/mol. The Morgan fingerprint density at radius 3 is 2.79 bits per heavy atom. The Hall–Kier alpha value is -1.11. The highest BCUT2D eigenvalue weighted by atomic mass is 79.9. The van der Waals surface area contributed by atoms with Crippen molar-refractivity contribution in [1.82, 2.24) is 15.2 Å². The van der Waals surface area contributed by atoms with Crippen LogP contribution in [0.5, 0.6) is 0 Å². The average molecular weight is 327 g/mol. The molecule has 1 atom stereocenters. The number of nitrogens with zero attached hydrogens (tertiary/aromatic N) is 2. The summed E-state index contributed by atoms with van der Waals surface area (Å²) < 4.78 is 8.32. The number of halogens is 1. The van der Waals surface area contributed by atoms with Crippen LogP contribution in [0.1, 0.15) is 35.7 Å². The van der Waals surface area contributed by atoms with E-state index >= 15 is 0 Å². The quantitative estimate of drug-likeness (QED) is 0.654. The first kappa shape index (κ1) is 14.3. The number of nitrogens with two attached hydrogens (primary N) is 1. The van der Waals surface area contributed by atoms with Crippen LogP contribution in [0.2, 0.25) is 0 Å². The number of hydrogen-bond donors (Lipinski definition) is 2. The number of aryl methyl sites for hydroxylation is 3. The molecular formula is C13H19BrN4O. The molecule has 0 aromatic carbocycles. The lowest BCUT2D eigenvalue weighted by molar-refractivity contribution is 0.493. The smallest absolute Gasteiger partial charge is 0.105 e. The molecule has 0 radical (unpaired) electrons. The van der Waals surface area contributed by atoms with Crippen LogP contribution in [-0.2, 0) is 19.9 Å². The number of hydrogen-bond acceptors (Lipinski definition) is 4. The van der Waals surface area contributed by atoms with Crippen molar-refractivity contribution in [2.75, 3.05) is 0 Å². The Labute approximate surface area is 121 Å². The van der Waals surface area contributed by atoms with Crippen molar-refractivity contribution >= 4 is 15.9 Å².